The Labute approximate surface area is 162 Å². The molecule has 0 bridgehead atoms. The van der Waals surface area contributed by atoms with Crippen LogP contribution in [-0.4, -0.2) is 60.6 Å². The van der Waals surface area contributed by atoms with E-state index in [1.807, 2.05) is 0 Å². The van der Waals surface area contributed by atoms with Crippen LogP contribution in [0.2, 0.25) is 0 Å². The normalized spacial score (nSPS) is 15.0. The van der Waals surface area contributed by atoms with Crippen LogP contribution in [0.15, 0.2) is 12.2 Å². The molecule has 0 rings (SSSR count). The van der Waals surface area contributed by atoms with Gasteiger partial charge < -0.3 is 14.4 Å². The van der Waals surface area contributed by atoms with Gasteiger partial charge in [0.05, 0.1) is 6.61 Å². The number of hydrogen-bond acceptors (Lipinski definition) is 5. The van der Waals surface area contributed by atoms with Crippen LogP contribution < -0.4 is 0 Å². The maximum atomic E-state index is 13.6. The van der Waals surface area contributed by atoms with Crippen LogP contribution in [0.1, 0.15) is 26.2 Å². The fourth-order valence-corrected chi connectivity index (χ4v) is 1.84. The van der Waals surface area contributed by atoms with Gasteiger partial charge in [0.15, 0.2) is 0 Å². The van der Waals surface area contributed by atoms with E-state index in [-0.39, 0.29) is 0 Å². The molecule has 0 aromatic rings. The summed E-state index contributed by atoms with van der Waals surface area (Å²) in [6, 6.07) is 0. The summed E-state index contributed by atoms with van der Waals surface area (Å²) in [7, 11) is 1.88. The molecule has 164 valence electrons. The predicted octanol–water partition coefficient (Wildman–Crippen LogP) is 3.80. The molecule has 0 heterocycles. The fraction of sp³-hybridized carbons (Fsp3) is 0.733. The van der Waals surface area contributed by atoms with E-state index in [2.05, 4.69) is 28.7 Å². The molecule has 0 aromatic carbocycles. The molecule has 1 unspecified atom stereocenters. The first-order chi connectivity index (χ1) is 12.4. The third kappa shape index (κ3) is 6.54. The van der Waals surface area contributed by atoms with Crippen molar-refractivity contribution in [3.05, 3.63) is 12.2 Å². The van der Waals surface area contributed by atoms with Gasteiger partial charge in [-0.25, -0.2) is 4.79 Å². The molecule has 0 aromatic heterocycles. The van der Waals surface area contributed by atoms with Gasteiger partial charge in [-0.15, -0.1) is 0 Å². The van der Waals surface area contributed by atoms with Crippen LogP contribution in [0.4, 0.5) is 30.7 Å². The third-order valence-corrected chi connectivity index (χ3v) is 3.60. The van der Waals surface area contributed by atoms with Crippen LogP contribution in [0.3, 0.4) is 0 Å². The molecule has 5 nitrogen and oxygen atoms in total. The summed E-state index contributed by atoms with van der Waals surface area (Å²) in [5.41, 5.74) is -0.459. The molecule has 0 radical (unpaired) electrons. The SMILES string of the molecule is C=C(C)C(=O)OC(OCCCCC(F)(F)C(F)(F)S)(C(=O)N(C)C)C(F)(F)F. The molecule has 0 aliphatic heterocycles. The summed E-state index contributed by atoms with van der Waals surface area (Å²) in [6.45, 7) is 3.14. The number of amides is 1. The number of esters is 1. The van der Waals surface area contributed by atoms with Crippen LogP contribution in [0, 0.1) is 0 Å². The van der Waals surface area contributed by atoms with Gasteiger partial charge in [0.2, 0.25) is 0 Å². The van der Waals surface area contributed by atoms with Crippen LogP contribution in [-0.2, 0) is 19.1 Å². The summed E-state index contributed by atoms with van der Waals surface area (Å²) in [5, 5.41) is -4.61. The number of likely N-dealkylation sites (N-methyl/N-ethyl adjacent to an activating group) is 1. The number of hydrogen-bond donors (Lipinski definition) is 1. The summed E-state index contributed by atoms with van der Waals surface area (Å²) in [5.74, 6) is -11.9. The Balaban J connectivity index is 5.36. The molecule has 0 saturated carbocycles. The van der Waals surface area contributed by atoms with E-state index in [9.17, 15) is 40.3 Å². The quantitative estimate of drug-likeness (QED) is 0.139. The van der Waals surface area contributed by atoms with Crippen molar-refractivity contribution in [3.8, 4) is 0 Å². The second kappa shape index (κ2) is 9.33. The van der Waals surface area contributed by atoms with Gasteiger partial charge in [-0.1, -0.05) is 19.2 Å². The van der Waals surface area contributed by atoms with Crippen LogP contribution in [0.5, 0.6) is 0 Å². The molecule has 0 aliphatic carbocycles. The lowest BCUT2D eigenvalue weighted by atomic mass is 10.1. The summed E-state index contributed by atoms with van der Waals surface area (Å²) < 4.78 is 101. The number of unbranched alkanes of at least 4 members (excludes halogenated alkanes) is 1. The Bertz CT molecular complexity index is 590. The van der Waals surface area contributed by atoms with E-state index in [0.717, 1.165) is 21.0 Å². The second-order valence-electron chi connectivity index (χ2n) is 6.04. The lowest BCUT2D eigenvalue weighted by molar-refractivity contribution is -0.350. The van der Waals surface area contributed by atoms with Crippen molar-refractivity contribution in [2.24, 2.45) is 0 Å². The average Bonchev–Trinajstić information content (AvgIpc) is 2.49. The van der Waals surface area contributed by atoms with Crippen molar-refractivity contribution in [1.29, 1.82) is 0 Å². The zero-order valence-corrected chi connectivity index (χ0v) is 16.1. The van der Waals surface area contributed by atoms with E-state index < -0.39 is 66.5 Å². The first kappa shape index (κ1) is 26.5. The van der Waals surface area contributed by atoms with Gasteiger partial charge in [-0.3, -0.25) is 4.79 Å². The zero-order valence-electron chi connectivity index (χ0n) is 15.2. The minimum atomic E-state index is -5.53. The van der Waals surface area contributed by atoms with E-state index in [1.54, 1.807) is 0 Å². The highest BCUT2D eigenvalue weighted by atomic mass is 32.1. The molecule has 0 saturated heterocycles. The van der Waals surface area contributed by atoms with Gasteiger partial charge in [0, 0.05) is 26.1 Å². The highest BCUT2D eigenvalue weighted by Crippen LogP contribution is 2.41. The van der Waals surface area contributed by atoms with Gasteiger partial charge in [0.1, 0.15) is 0 Å². The van der Waals surface area contributed by atoms with Gasteiger partial charge in [0.25, 0.3) is 0 Å². The van der Waals surface area contributed by atoms with E-state index in [0.29, 0.717) is 4.90 Å². The molecular weight excluding hydrogens is 423 g/mol. The number of ether oxygens (including phenoxy) is 2. The highest BCUT2D eigenvalue weighted by Gasteiger charge is 2.67. The van der Waals surface area contributed by atoms with Gasteiger partial charge in [-0.2, -0.15) is 30.7 Å². The van der Waals surface area contributed by atoms with Gasteiger partial charge >= 0.3 is 35.0 Å². The van der Waals surface area contributed by atoms with Crippen LogP contribution in [0.25, 0.3) is 0 Å². The highest BCUT2D eigenvalue weighted by molar-refractivity contribution is 7.81. The molecule has 28 heavy (non-hydrogen) atoms. The Kier molecular flexibility index (Phi) is 8.83. The van der Waals surface area contributed by atoms with E-state index in [4.69, 9.17) is 0 Å². The van der Waals surface area contributed by atoms with E-state index in [1.165, 1.54) is 0 Å². The number of carbonyl (C=O) groups excluding carboxylic acids is 2. The minimum Gasteiger partial charge on any atom is -0.412 e. The van der Waals surface area contributed by atoms with Crippen molar-refractivity contribution < 1.29 is 49.8 Å². The smallest absolute Gasteiger partial charge is 0.412 e. The van der Waals surface area contributed by atoms with Crippen LogP contribution >= 0.6 is 12.6 Å². The minimum absolute atomic E-state index is 0.453. The lowest BCUT2D eigenvalue weighted by Crippen LogP contribution is -2.61. The molecule has 1 atom stereocenters. The van der Waals surface area contributed by atoms with Gasteiger partial charge in [-0.05, 0) is 19.8 Å². The Hall–Kier alpha value is -1.50. The number of nitrogens with zero attached hydrogens (tertiary/aromatic N) is 1. The van der Waals surface area contributed by atoms with Crippen molar-refractivity contribution in [2.75, 3.05) is 20.7 Å². The molecule has 0 fully saturated rings. The fourth-order valence-electron chi connectivity index (χ4n) is 1.72. The number of rotatable bonds is 10. The second-order valence-corrected chi connectivity index (χ2v) is 6.60. The maximum absolute atomic E-state index is 13.6. The average molecular weight is 443 g/mol. The summed E-state index contributed by atoms with van der Waals surface area (Å²) >= 11 is 2.47. The molecule has 13 heteroatoms. The lowest BCUT2D eigenvalue weighted by Gasteiger charge is -2.35. The number of thiol groups is 1. The van der Waals surface area contributed by atoms with Crippen molar-refractivity contribution in [2.45, 2.75) is 49.3 Å². The molecule has 0 spiro atoms. The summed E-state index contributed by atoms with van der Waals surface area (Å²) in [4.78, 5) is 24.1. The first-order valence-corrected chi connectivity index (χ1v) is 8.13. The Morgan fingerprint density at radius 1 is 1.04 bits per heavy atom. The Morgan fingerprint density at radius 3 is 1.89 bits per heavy atom. The van der Waals surface area contributed by atoms with Crippen molar-refractivity contribution in [3.63, 3.8) is 0 Å². The molecule has 0 N–H and O–H groups in total. The molecule has 1 amide bonds. The van der Waals surface area contributed by atoms with Crippen molar-refractivity contribution >= 4 is 24.5 Å². The number of carbonyl (C=O) groups is 2. The van der Waals surface area contributed by atoms with E-state index >= 15 is 0 Å². The summed E-state index contributed by atoms with van der Waals surface area (Å²) in [6.07, 6.45) is -8.16. The topological polar surface area (TPSA) is 55.8 Å². The molecular formula is C15H20F7NO4S. The largest absolute Gasteiger partial charge is 0.466 e. The van der Waals surface area contributed by atoms with Crippen molar-refractivity contribution in [1.82, 2.24) is 4.90 Å². The first-order valence-electron chi connectivity index (χ1n) is 7.68. The maximum Gasteiger partial charge on any atom is 0.466 e. The third-order valence-electron chi connectivity index (χ3n) is 3.28. The Morgan fingerprint density at radius 2 is 1.54 bits per heavy atom. The zero-order chi connectivity index (χ0) is 22.6. The number of alkyl halides is 7. The monoisotopic (exact) mass is 443 g/mol. The number of halogens is 7. The predicted molar refractivity (Wildman–Crippen MR) is 87.1 cm³/mol. The molecule has 0 aliphatic rings. The standard InChI is InChI=1S/C15H20F7NO4S/c1-9(2)10(24)27-13(14(18,19)20,11(25)23(3)4)26-8-6-5-7-12(16,17)15(21,22)28/h28H,1,5-8H2,2-4H3.